The molecule has 0 aromatic carbocycles. The van der Waals surface area contributed by atoms with E-state index in [4.69, 9.17) is 47.4 Å². The average Bonchev–Trinajstić information content (AvgIpc) is 2.93. The Kier molecular flexibility index (Phi) is 15.3. The highest BCUT2D eigenvalue weighted by molar-refractivity contribution is 5.77. The number of ether oxygens (including phenoxy) is 10. The summed E-state index contributed by atoms with van der Waals surface area (Å²) in [7, 11) is 0. The van der Waals surface area contributed by atoms with Gasteiger partial charge in [-0.05, 0) is 0 Å². The van der Waals surface area contributed by atoms with E-state index >= 15 is 0 Å². The molecule has 0 radical (unpaired) electrons. The molecule has 0 aromatic heterocycles. The Balaban J connectivity index is 3.58. The highest BCUT2D eigenvalue weighted by atomic mass is 16.8. The van der Waals surface area contributed by atoms with Gasteiger partial charge in [0.05, 0.1) is 0 Å². The molecule has 15 nitrogen and oxygen atoms in total. The summed E-state index contributed by atoms with van der Waals surface area (Å²) in [6.45, 7) is 15.4. The van der Waals surface area contributed by atoms with Gasteiger partial charge in [-0.3, -0.25) is 0 Å². The van der Waals surface area contributed by atoms with E-state index in [1.54, 1.807) is 0 Å². The van der Waals surface area contributed by atoms with Crippen molar-refractivity contribution < 1.29 is 71.3 Å². The zero-order valence-corrected chi connectivity index (χ0v) is 21.5. The summed E-state index contributed by atoms with van der Waals surface area (Å²) in [5.74, 6) is -1.18. The monoisotopic (exact) mass is 570 g/mol. The molecule has 0 unspecified atom stereocenters. The van der Waals surface area contributed by atoms with Gasteiger partial charge in [-0.15, -0.1) is 0 Å². The lowest BCUT2D eigenvalue weighted by Crippen LogP contribution is -2.64. The van der Waals surface area contributed by atoms with Gasteiger partial charge in [0.25, 0.3) is 0 Å². The van der Waals surface area contributed by atoms with Crippen molar-refractivity contribution in [2.75, 3.05) is 33.0 Å². The minimum atomic E-state index is -2.02. The SMILES string of the molecule is C=CCOC(=O)O[C@@H]1O[C@H](C(=O)OCC=C)[C@@H](OC(=O)OCC=C)[C@H](OC(=O)OCC=C)[C@H]1OC(=O)OCC=C. The second-order valence-corrected chi connectivity index (χ2v) is 7.11. The van der Waals surface area contributed by atoms with Crippen LogP contribution < -0.4 is 0 Å². The third-order valence-corrected chi connectivity index (χ3v) is 4.26. The maximum absolute atomic E-state index is 12.9. The number of carbonyl (C=O) groups excluding carboxylic acids is 5. The molecule has 0 amide bonds. The number of esters is 1. The molecule has 15 heteroatoms. The fraction of sp³-hybridized carbons (Fsp3) is 0.400. The van der Waals surface area contributed by atoms with E-state index in [0.29, 0.717) is 0 Å². The van der Waals surface area contributed by atoms with Crippen molar-refractivity contribution >= 4 is 30.6 Å². The van der Waals surface area contributed by atoms with Gasteiger partial charge in [-0.2, -0.15) is 0 Å². The van der Waals surface area contributed by atoms with Crippen molar-refractivity contribution in [1.29, 1.82) is 0 Å². The molecule has 1 fully saturated rings. The van der Waals surface area contributed by atoms with Crippen molar-refractivity contribution in [2.45, 2.75) is 30.7 Å². The molecule has 5 atom stereocenters. The standard InChI is InChI=1S/C25H30O15/c1-6-11-31-20(26)18-16(37-22(27)32-12-7-2)17(38-23(28)33-13-8-3)19(39-24(29)34-14-9-4)21(36-18)40-25(30)35-15-10-5/h6-10,16-19,21H,1-5,11-15H2/t16-,17-,18-,19+,21-/m0/s1. The summed E-state index contributed by atoms with van der Waals surface area (Å²) >= 11 is 0. The van der Waals surface area contributed by atoms with Gasteiger partial charge in [0, 0.05) is 0 Å². The van der Waals surface area contributed by atoms with Crippen molar-refractivity contribution in [2.24, 2.45) is 0 Å². The first-order chi connectivity index (χ1) is 19.2. The molecule has 1 heterocycles. The highest BCUT2D eigenvalue weighted by Crippen LogP contribution is 2.31. The summed E-state index contributed by atoms with van der Waals surface area (Å²) < 4.78 is 50.3. The Labute approximate surface area is 229 Å². The Morgan fingerprint density at radius 2 is 0.850 bits per heavy atom. The lowest BCUT2D eigenvalue weighted by molar-refractivity contribution is -0.286. The second kappa shape index (κ2) is 18.5. The van der Waals surface area contributed by atoms with Crippen LogP contribution in [0.25, 0.3) is 0 Å². The molecule has 220 valence electrons. The minimum absolute atomic E-state index is 0.294. The number of hydrogen-bond donors (Lipinski definition) is 0. The van der Waals surface area contributed by atoms with Crippen LogP contribution >= 0.6 is 0 Å². The Morgan fingerprint density at radius 3 is 1.27 bits per heavy atom. The van der Waals surface area contributed by atoms with Gasteiger partial charge in [0.15, 0.2) is 18.3 Å². The Bertz CT molecular complexity index is 943. The largest absolute Gasteiger partial charge is 0.511 e. The van der Waals surface area contributed by atoms with Crippen molar-refractivity contribution in [3.05, 3.63) is 63.3 Å². The summed E-state index contributed by atoms with van der Waals surface area (Å²) in [5.41, 5.74) is 0. The molecular formula is C25H30O15. The summed E-state index contributed by atoms with van der Waals surface area (Å²) in [4.78, 5) is 62.2. The third-order valence-electron chi connectivity index (χ3n) is 4.26. The van der Waals surface area contributed by atoms with Gasteiger partial charge < -0.3 is 47.4 Å². The summed E-state index contributed by atoms with van der Waals surface area (Å²) in [5, 5.41) is 0. The van der Waals surface area contributed by atoms with Gasteiger partial charge in [-0.1, -0.05) is 63.3 Å². The van der Waals surface area contributed by atoms with E-state index < -0.39 is 61.3 Å². The van der Waals surface area contributed by atoms with E-state index in [2.05, 4.69) is 32.9 Å². The fourth-order valence-electron chi connectivity index (χ4n) is 2.78. The van der Waals surface area contributed by atoms with Crippen LogP contribution in [0.15, 0.2) is 63.3 Å². The van der Waals surface area contributed by atoms with E-state index in [1.165, 1.54) is 30.4 Å². The zero-order chi connectivity index (χ0) is 29.9. The molecule has 40 heavy (non-hydrogen) atoms. The molecule has 0 bridgehead atoms. The number of hydrogen-bond acceptors (Lipinski definition) is 15. The highest BCUT2D eigenvalue weighted by Gasteiger charge is 2.57. The molecule has 0 aromatic rings. The van der Waals surface area contributed by atoms with Crippen LogP contribution in [-0.4, -0.2) is 94.3 Å². The minimum Gasteiger partial charge on any atom is -0.459 e. The van der Waals surface area contributed by atoms with Crippen LogP contribution in [0.3, 0.4) is 0 Å². The maximum Gasteiger partial charge on any atom is 0.511 e. The second-order valence-electron chi connectivity index (χ2n) is 7.11. The van der Waals surface area contributed by atoms with Crippen molar-refractivity contribution in [1.82, 2.24) is 0 Å². The zero-order valence-electron chi connectivity index (χ0n) is 21.5. The van der Waals surface area contributed by atoms with Crippen molar-refractivity contribution in [3.63, 3.8) is 0 Å². The van der Waals surface area contributed by atoms with Gasteiger partial charge in [-0.25, -0.2) is 24.0 Å². The van der Waals surface area contributed by atoms with Crippen LogP contribution in [0.4, 0.5) is 19.2 Å². The van der Waals surface area contributed by atoms with E-state index in [1.807, 2.05) is 0 Å². The molecule has 0 aliphatic carbocycles. The predicted molar refractivity (Wildman–Crippen MR) is 132 cm³/mol. The topological polar surface area (TPSA) is 178 Å². The lowest BCUT2D eigenvalue weighted by Gasteiger charge is -2.42. The smallest absolute Gasteiger partial charge is 0.459 e. The molecule has 1 rings (SSSR count). The predicted octanol–water partition coefficient (Wildman–Crippen LogP) is 2.90. The maximum atomic E-state index is 12.9. The van der Waals surface area contributed by atoms with Crippen LogP contribution in [0.1, 0.15) is 0 Å². The fourth-order valence-corrected chi connectivity index (χ4v) is 2.78. The van der Waals surface area contributed by atoms with Gasteiger partial charge >= 0.3 is 30.6 Å². The van der Waals surface area contributed by atoms with E-state index in [9.17, 15) is 24.0 Å². The number of carbonyl (C=O) groups is 5. The molecule has 1 aliphatic rings. The average molecular weight is 571 g/mol. The molecular weight excluding hydrogens is 540 g/mol. The van der Waals surface area contributed by atoms with E-state index in [-0.39, 0.29) is 33.0 Å². The van der Waals surface area contributed by atoms with Gasteiger partial charge in [0.2, 0.25) is 12.4 Å². The first kappa shape index (κ1) is 33.2. The summed E-state index contributed by atoms with van der Waals surface area (Å²) in [6, 6.07) is 0. The van der Waals surface area contributed by atoms with Crippen LogP contribution in [0.5, 0.6) is 0 Å². The quantitative estimate of drug-likeness (QED) is 0.159. The van der Waals surface area contributed by atoms with Crippen LogP contribution in [-0.2, 0) is 52.2 Å². The third kappa shape index (κ3) is 11.3. The molecule has 0 saturated carbocycles. The molecule has 0 spiro atoms. The molecule has 1 aliphatic heterocycles. The lowest BCUT2D eigenvalue weighted by atomic mass is 9.98. The van der Waals surface area contributed by atoms with Crippen LogP contribution in [0.2, 0.25) is 0 Å². The normalized spacial score (nSPS) is 21.1. The molecule has 1 saturated heterocycles. The number of rotatable bonds is 15. The summed E-state index contributed by atoms with van der Waals surface area (Å²) in [6.07, 6.45) is -9.20. The Morgan fingerprint density at radius 1 is 0.500 bits per heavy atom. The first-order valence-electron chi connectivity index (χ1n) is 11.4. The van der Waals surface area contributed by atoms with Crippen LogP contribution in [0, 0.1) is 0 Å². The first-order valence-corrected chi connectivity index (χ1v) is 11.4. The molecule has 0 N–H and O–H groups in total. The Hall–Kier alpha value is -4.79. The van der Waals surface area contributed by atoms with E-state index in [0.717, 1.165) is 0 Å². The van der Waals surface area contributed by atoms with Crippen molar-refractivity contribution in [3.8, 4) is 0 Å². The van der Waals surface area contributed by atoms with Gasteiger partial charge in [0.1, 0.15) is 33.0 Å².